The minimum atomic E-state index is -0.793. The number of carboxylic acids is 1. The number of benzene rings is 1. The van der Waals surface area contributed by atoms with Crippen molar-refractivity contribution in [1.82, 2.24) is 0 Å². The molecule has 0 spiro atoms. The van der Waals surface area contributed by atoms with Crippen LogP contribution in [0.25, 0.3) is 0 Å². The van der Waals surface area contributed by atoms with Crippen molar-refractivity contribution in [2.24, 2.45) is 0 Å². The molecule has 1 aromatic carbocycles. The van der Waals surface area contributed by atoms with E-state index in [0.717, 1.165) is 24.8 Å². The molecule has 3 heteroatoms. The van der Waals surface area contributed by atoms with Crippen molar-refractivity contribution in [3.63, 3.8) is 0 Å². The van der Waals surface area contributed by atoms with Crippen molar-refractivity contribution >= 4 is 43.7 Å². The van der Waals surface area contributed by atoms with Gasteiger partial charge in [-0.1, -0.05) is 64.5 Å². The molecule has 0 aliphatic heterocycles. The van der Waals surface area contributed by atoms with Gasteiger partial charge in [0, 0.05) is 0 Å². The van der Waals surface area contributed by atoms with Gasteiger partial charge in [-0.25, -0.2) is 4.79 Å². The molecule has 0 heterocycles. The second-order valence-corrected chi connectivity index (χ2v) is 5.92. The Morgan fingerprint density at radius 3 is 2.05 bits per heavy atom. The monoisotopic (exact) mass is 332 g/mol. The third-order valence-electron chi connectivity index (χ3n) is 4.02. The van der Waals surface area contributed by atoms with E-state index in [1.54, 1.807) is 6.07 Å². The number of hydrogen-bond donors (Lipinski definition) is 1. The van der Waals surface area contributed by atoms with Crippen molar-refractivity contribution in [2.75, 3.05) is 0 Å². The molecular weight excluding hydrogens is 300 g/mol. The Labute approximate surface area is 165 Å². The number of hydrogen-bond acceptors (Lipinski definition) is 1. The Bertz CT molecular complexity index is 429. The molecule has 0 bridgehead atoms. The van der Waals surface area contributed by atoms with Crippen LogP contribution in [-0.2, 0) is 12.8 Å². The molecule has 1 rings (SSSR count). The van der Waals surface area contributed by atoms with Crippen molar-refractivity contribution in [3.05, 3.63) is 34.9 Å². The van der Waals surface area contributed by atoms with Crippen LogP contribution < -0.4 is 0 Å². The van der Waals surface area contributed by atoms with Gasteiger partial charge in [-0.05, 0) is 42.9 Å². The summed E-state index contributed by atoms with van der Waals surface area (Å²) in [7, 11) is 0. The van der Waals surface area contributed by atoms with Crippen molar-refractivity contribution in [3.8, 4) is 0 Å². The molecule has 0 saturated heterocycles. The van der Waals surface area contributed by atoms with E-state index in [-0.39, 0.29) is 37.7 Å². The summed E-state index contributed by atoms with van der Waals surface area (Å²) in [5.74, 6) is -0.793. The maximum absolute atomic E-state index is 11.3. The van der Waals surface area contributed by atoms with Gasteiger partial charge in [-0.2, -0.15) is 0 Å². The summed E-state index contributed by atoms with van der Waals surface area (Å²) >= 11 is 0. The Morgan fingerprint density at radius 2 is 1.50 bits per heavy atom. The van der Waals surface area contributed by atoms with Crippen LogP contribution in [0.4, 0.5) is 0 Å². The van der Waals surface area contributed by atoms with Gasteiger partial charge in [-0.3, -0.25) is 0 Å². The number of rotatable bonds is 11. The number of carboxylic acid groups (broad SMARTS) is 1. The SMILES string of the molecule is CCCCCCc1ccc(C(=O)O)c(CCCCCC)c1.[CaH2]. The normalized spacial score (nSPS) is 10.3. The first-order chi connectivity index (χ1) is 10.2. The predicted octanol–water partition coefficient (Wildman–Crippen LogP) is 4.71. The summed E-state index contributed by atoms with van der Waals surface area (Å²) in [4.78, 5) is 11.3. The van der Waals surface area contributed by atoms with E-state index in [0.29, 0.717) is 5.56 Å². The van der Waals surface area contributed by atoms with Gasteiger partial charge in [0.25, 0.3) is 0 Å². The summed E-state index contributed by atoms with van der Waals surface area (Å²) in [5.41, 5.74) is 2.80. The second-order valence-electron chi connectivity index (χ2n) is 5.92. The molecule has 0 unspecified atom stereocenters. The summed E-state index contributed by atoms with van der Waals surface area (Å²) in [6.07, 6.45) is 11.7. The molecule has 0 amide bonds. The van der Waals surface area contributed by atoms with E-state index in [2.05, 4.69) is 19.9 Å². The number of carbonyl (C=O) groups is 1. The van der Waals surface area contributed by atoms with E-state index in [4.69, 9.17) is 0 Å². The molecule has 0 aromatic heterocycles. The Hall–Kier alpha value is -0.0503. The number of aromatic carboxylic acids is 1. The molecular formula is C19H32CaO2. The third kappa shape index (κ3) is 8.55. The summed E-state index contributed by atoms with van der Waals surface area (Å²) < 4.78 is 0. The van der Waals surface area contributed by atoms with Crippen molar-refractivity contribution in [2.45, 2.75) is 78.1 Å². The van der Waals surface area contributed by atoms with Crippen LogP contribution >= 0.6 is 0 Å². The molecule has 1 aromatic rings. The first kappa shape index (κ1) is 21.9. The first-order valence-electron chi connectivity index (χ1n) is 8.54. The minimum absolute atomic E-state index is 0. The number of unbranched alkanes of at least 4 members (excludes halogenated alkanes) is 6. The average Bonchev–Trinajstić information content (AvgIpc) is 2.48. The van der Waals surface area contributed by atoms with Crippen LogP contribution in [0.3, 0.4) is 0 Å². The molecule has 2 nitrogen and oxygen atoms in total. The van der Waals surface area contributed by atoms with Crippen LogP contribution in [0.15, 0.2) is 18.2 Å². The molecule has 0 atom stereocenters. The summed E-state index contributed by atoms with van der Waals surface area (Å²) in [6, 6.07) is 5.92. The molecule has 0 fully saturated rings. The van der Waals surface area contributed by atoms with Gasteiger partial charge in [0.1, 0.15) is 0 Å². The summed E-state index contributed by atoms with van der Waals surface area (Å²) in [6.45, 7) is 4.41. The Balaban J connectivity index is 0.00000441. The van der Waals surface area contributed by atoms with Crippen LogP contribution in [0.2, 0.25) is 0 Å². The van der Waals surface area contributed by atoms with Crippen molar-refractivity contribution in [1.29, 1.82) is 0 Å². The zero-order valence-electron chi connectivity index (χ0n) is 13.7. The predicted molar refractivity (Wildman–Crippen MR) is 97.6 cm³/mol. The fraction of sp³-hybridized carbons (Fsp3) is 0.632. The van der Waals surface area contributed by atoms with E-state index in [1.807, 2.05) is 6.07 Å². The Kier molecular flexibility index (Phi) is 13.4. The van der Waals surface area contributed by atoms with Crippen molar-refractivity contribution < 1.29 is 9.90 Å². The van der Waals surface area contributed by atoms with Crippen LogP contribution in [0.1, 0.15) is 86.7 Å². The zero-order valence-corrected chi connectivity index (χ0v) is 13.7. The molecule has 22 heavy (non-hydrogen) atoms. The Morgan fingerprint density at radius 1 is 0.909 bits per heavy atom. The molecule has 0 radical (unpaired) electrons. The summed E-state index contributed by atoms with van der Waals surface area (Å²) in [5, 5.41) is 9.31. The van der Waals surface area contributed by atoms with Crippen LogP contribution in [-0.4, -0.2) is 48.8 Å². The first-order valence-corrected chi connectivity index (χ1v) is 8.54. The molecule has 0 aliphatic rings. The third-order valence-corrected chi connectivity index (χ3v) is 4.02. The topological polar surface area (TPSA) is 37.3 Å². The quantitative estimate of drug-likeness (QED) is 0.470. The van der Waals surface area contributed by atoms with E-state index < -0.39 is 5.97 Å². The standard InChI is InChI=1S/C19H30O2.Ca.2H/c1-3-5-7-9-11-16-13-14-18(19(20)21)17(15-16)12-10-8-6-4-2;;;/h13-15H,3-12H2,1-2H3,(H,20,21);;;. The molecule has 0 saturated carbocycles. The van der Waals surface area contributed by atoms with Gasteiger partial charge in [0.15, 0.2) is 0 Å². The zero-order chi connectivity index (χ0) is 15.5. The molecule has 1 N–H and O–H groups in total. The van der Waals surface area contributed by atoms with Gasteiger partial charge < -0.3 is 5.11 Å². The number of aryl methyl sites for hydroxylation is 2. The molecule has 122 valence electrons. The maximum atomic E-state index is 11.3. The van der Waals surface area contributed by atoms with Crippen LogP contribution in [0, 0.1) is 0 Å². The van der Waals surface area contributed by atoms with Gasteiger partial charge in [-0.15, -0.1) is 0 Å². The van der Waals surface area contributed by atoms with Crippen LogP contribution in [0.5, 0.6) is 0 Å². The second kappa shape index (κ2) is 13.4. The van der Waals surface area contributed by atoms with E-state index in [1.165, 1.54) is 50.5 Å². The van der Waals surface area contributed by atoms with E-state index in [9.17, 15) is 9.90 Å². The van der Waals surface area contributed by atoms with Gasteiger partial charge in [0.05, 0.1) is 5.56 Å². The van der Waals surface area contributed by atoms with Gasteiger partial charge >= 0.3 is 43.7 Å². The van der Waals surface area contributed by atoms with E-state index >= 15 is 0 Å². The average molecular weight is 333 g/mol. The van der Waals surface area contributed by atoms with Gasteiger partial charge in [0.2, 0.25) is 0 Å². The fourth-order valence-corrected chi connectivity index (χ4v) is 2.72. The molecule has 0 aliphatic carbocycles. The fourth-order valence-electron chi connectivity index (χ4n) is 2.72.